The molecular weight excluding hydrogens is 248 g/mol. The van der Waals surface area contributed by atoms with Crippen molar-refractivity contribution >= 4 is 0 Å². The Morgan fingerprint density at radius 1 is 1.20 bits per heavy atom. The fourth-order valence-corrected chi connectivity index (χ4v) is 3.81. The van der Waals surface area contributed by atoms with Gasteiger partial charge in [0.1, 0.15) is 18.8 Å². The maximum atomic E-state index is 5.65. The van der Waals surface area contributed by atoms with Crippen molar-refractivity contribution in [2.24, 2.45) is 0 Å². The van der Waals surface area contributed by atoms with Crippen molar-refractivity contribution in [2.75, 3.05) is 26.2 Å². The lowest BCUT2D eigenvalue weighted by atomic mass is 9.95. The Kier molecular flexibility index (Phi) is 4.58. The van der Waals surface area contributed by atoms with Gasteiger partial charge in [0, 0.05) is 11.1 Å². The van der Waals surface area contributed by atoms with Crippen molar-refractivity contribution in [1.29, 1.82) is 0 Å². The van der Waals surface area contributed by atoms with Crippen molar-refractivity contribution in [1.82, 2.24) is 0 Å². The summed E-state index contributed by atoms with van der Waals surface area (Å²) >= 11 is 0. The molecule has 2 aliphatic heterocycles. The van der Waals surface area contributed by atoms with Crippen LogP contribution in [0.5, 0.6) is 5.75 Å². The predicted octanol–water partition coefficient (Wildman–Crippen LogP) is 0.662. The van der Waals surface area contributed by atoms with E-state index < -0.39 is 0 Å². The first kappa shape index (κ1) is 13.9. The van der Waals surface area contributed by atoms with E-state index >= 15 is 0 Å². The number of benzene rings is 1. The van der Waals surface area contributed by atoms with Crippen LogP contribution in [0.4, 0.5) is 0 Å². The quantitative estimate of drug-likeness (QED) is 0.835. The minimum atomic E-state index is 0.688. The van der Waals surface area contributed by atoms with E-state index in [2.05, 4.69) is 30.4 Å². The monoisotopic (exact) mass is 276 g/mol. The number of quaternary nitrogens is 2. The topological polar surface area (TPSA) is 30.3 Å². The van der Waals surface area contributed by atoms with E-state index in [1.165, 1.54) is 50.9 Å². The van der Waals surface area contributed by atoms with Gasteiger partial charge >= 0.3 is 0 Å². The van der Waals surface area contributed by atoms with Gasteiger partial charge < -0.3 is 15.0 Å². The zero-order chi connectivity index (χ0) is 13.8. The van der Waals surface area contributed by atoms with Gasteiger partial charge in [0.2, 0.25) is 0 Å². The average molecular weight is 276 g/mol. The minimum Gasteiger partial charge on any atom is -0.494 e. The summed E-state index contributed by atoms with van der Waals surface area (Å²) in [6, 6.07) is 7.44. The second-order valence-electron chi connectivity index (χ2n) is 6.15. The number of nitrogens with two attached hydrogens (primary N) is 1. The molecule has 0 amide bonds. The number of likely N-dealkylation sites (tertiary alicyclic amines) is 1. The first-order valence-corrected chi connectivity index (χ1v) is 8.30. The van der Waals surface area contributed by atoms with Crippen molar-refractivity contribution in [3.63, 3.8) is 0 Å². The summed E-state index contributed by atoms with van der Waals surface area (Å²) in [7, 11) is 0. The van der Waals surface area contributed by atoms with E-state index in [0.29, 0.717) is 6.04 Å². The molecule has 3 heteroatoms. The Bertz CT molecular complexity index is 439. The number of rotatable bonds is 3. The summed E-state index contributed by atoms with van der Waals surface area (Å²) in [5, 5.41) is 2.47. The molecule has 0 aliphatic carbocycles. The van der Waals surface area contributed by atoms with Crippen LogP contribution in [0.3, 0.4) is 0 Å². The van der Waals surface area contributed by atoms with Crippen molar-refractivity contribution in [2.45, 2.75) is 45.2 Å². The minimum absolute atomic E-state index is 0.688. The predicted molar refractivity (Wildman–Crippen MR) is 80.0 cm³/mol. The van der Waals surface area contributed by atoms with Gasteiger partial charge in [-0.05, 0) is 50.8 Å². The molecule has 110 valence electrons. The second kappa shape index (κ2) is 6.59. The molecule has 0 aromatic heterocycles. The Hall–Kier alpha value is -1.06. The molecule has 3 N–H and O–H groups in total. The molecule has 0 bridgehead atoms. The Balaban J connectivity index is 1.81. The van der Waals surface area contributed by atoms with Crippen LogP contribution in [0, 0.1) is 0 Å². The Morgan fingerprint density at radius 2 is 2.00 bits per heavy atom. The summed E-state index contributed by atoms with van der Waals surface area (Å²) < 4.78 is 5.65. The first-order chi connectivity index (χ1) is 9.88. The SMILES string of the molecule is CCOc1ccc2c(c1)C[NH2+]C[C@@H]2[NH+]1CCCCCC1. The van der Waals surface area contributed by atoms with Crippen LogP contribution in [-0.4, -0.2) is 26.2 Å². The summed E-state index contributed by atoms with van der Waals surface area (Å²) in [5.74, 6) is 1.03. The molecule has 0 spiro atoms. The standard InChI is InChI=1S/C17H26N2O/c1-2-20-15-7-8-16-14(11-15)12-18-13-17(16)19-9-5-3-4-6-10-19/h7-8,11,17-18H,2-6,9-10,12-13H2,1H3/p+2/t17-/m0/s1. The summed E-state index contributed by atoms with van der Waals surface area (Å²) in [5.41, 5.74) is 3.07. The third kappa shape index (κ3) is 2.99. The van der Waals surface area contributed by atoms with Crippen LogP contribution in [0.25, 0.3) is 0 Å². The zero-order valence-electron chi connectivity index (χ0n) is 12.7. The molecule has 1 saturated heterocycles. The van der Waals surface area contributed by atoms with Crippen molar-refractivity contribution in [3.05, 3.63) is 29.3 Å². The van der Waals surface area contributed by atoms with Gasteiger partial charge in [0.25, 0.3) is 0 Å². The lowest BCUT2D eigenvalue weighted by molar-refractivity contribution is -0.947. The maximum absolute atomic E-state index is 5.65. The number of fused-ring (bicyclic) bond motifs is 1. The Labute approximate surface area is 122 Å². The highest BCUT2D eigenvalue weighted by molar-refractivity contribution is 5.37. The molecule has 3 nitrogen and oxygen atoms in total. The zero-order valence-corrected chi connectivity index (χ0v) is 12.7. The Morgan fingerprint density at radius 3 is 2.75 bits per heavy atom. The molecule has 1 aromatic carbocycles. The van der Waals surface area contributed by atoms with E-state index in [1.54, 1.807) is 5.56 Å². The van der Waals surface area contributed by atoms with Crippen LogP contribution >= 0.6 is 0 Å². The fourth-order valence-electron chi connectivity index (χ4n) is 3.81. The van der Waals surface area contributed by atoms with Crippen LogP contribution in [0.15, 0.2) is 18.2 Å². The van der Waals surface area contributed by atoms with Crippen LogP contribution in [0.1, 0.15) is 49.8 Å². The maximum Gasteiger partial charge on any atom is 0.163 e. The van der Waals surface area contributed by atoms with Gasteiger partial charge in [-0.15, -0.1) is 0 Å². The van der Waals surface area contributed by atoms with Gasteiger partial charge in [-0.1, -0.05) is 0 Å². The molecule has 2 aliphatic rings. The average Bonchev–Trinajstić information content (AvgIpc) is 2.76. The molecule has 1 atom stereocenters. The second-order valence-corrected chi connectivity index (χ2v) is 6.15. The number of hydrogen-bond acceptors (Lipinski definition) is 1. The third-order valence-electron chi connectivity index (χ3n) is 4.81. The van der Waals surface area contributed by atoms with Crippen molar-refractivity contribution < 1.29 is 15.0 Å². The van der Waals surface area contributed by atoms with E-state index in [-0.39, 0.29) is 0 Å². The molecular formula is C17H28N2O+2. The lowest BCUT2D eigenvalue weighted by Crippen LogP contribution is -3.15. The van der Waals surface area contributed by atoms with Crippen LogP contribution in [-0.2, 0) is 6.54 Å². The van der Waals surface area contributed by atoms with E-state index in [9.17, 15) is 0 Å². The van der Waals surface area contributed by atoms with E-state index in [4.69, 9.17) is 4.74 Å². The van der Waals surface area contributed by atoms with Gasteiger partial charge in [-0.25, -0.2) is 0 Å². The fraction of sp³-hybridized carbons (Fsp3) is 0.647. The highest BCUT2D eigenvalue weighted by atomic mass is 16.5. The largest absolute Gasteiger partial charge is 0.494 e. The van der Waals surface area contributed by atoms with Crippen LogP contribution in [0.2, 0.25) is 0 Å². The summed E-state index contributed by atoms with van der Waals surface area (Å²) in [4.78, 5) is 1.81. The van der Waals surface area contributed by atoms with Gasteiger partial charge in [0.15, 0.2) is 6.04 Å². The van der Waals surface area contributed by atoms with Gasteiger partial charge in [-0.3, -0.25) is 0 Å². The molecule has 1 fully saturated rings. The first-order valence-electron chi connectivity index (χ1n) is 8.30. The number of hydrogen-bond donors (Lipinski definition) is 2. The summed E-state index contributed by atoms with van der Waals surface area (Å²) in [6.07, 6.45) is 5.66. The van der Waals surface area contributed by atoms with Gasteiger partial charge in [-0.2, -0.15) is 0 Å². The highest BCUT2D eigenvalue weighted by Crippen LogP contribution is 2.23. The smallest absolute Gasteiger partial charge is 0.163 e. The molecule has 3 rings (SSSR count). The molecule has 0 radical (unpaired) electrons. The molecule has 2 heterocycles. The molecule has 0 saturated carbocycles. The third-order valence-corrected chi connectivity index (χ3v) is 4.81. The van der Waals surface area contributed by atoms with Crippen LogP contribution < -0.4 is 15.0 Å². The van der Waals surface area contributed by atoms with Crippen molar-refractivity contribution in [3.8, 4) is 5.75 Å². The molecule has 0 unspecified atom stereocenters. The molecule has 1 aromatic rings. The number of ether oxygens (including phenoxy) is 1. The normalized spacial score (nSPS) is 23.9. The van der Waals surface area contributed by atoms with E-state index in [1.807, 2.05) is 4.90 Å². The lowest BCUT2D eigenvalue weighted by Gasteiger charge is -2.31. The van der Waals surface area contributed by atoms with Gasteiger partial charge in [0.05, 0.1) is 19.7 Å². The number of nitrogens with one attached hydrogen (secondary N) is 1. The molecule has 20 heavy (non-hydrogen) atoms. The highest BCUT2D eigenvalue weighted by Gasteiger charge is 2.32. The summed E-state index contributed by atoms with van der Waals surface area (Å²) in [6.45, 7) is 7.87. The van der Waals surface area contributed by atoms with E-state index in [0.717, 1.165) is 18.9 Å².